The third kappa shape index (κ3) is 2.13. The summed E-state index contributed by atoms with van der Waals surface area (Å²) in [7, 11) is 1.89. The maximum atomic E-state index is 4.81. The minimum absolute atomic E-state index is 0.682. The fraction of sp³-hybridized carbons (Fsp3) is 0.529. The normalized spacial score (nSPS) is 25.1. The Hall–Kier alpha value is -1.84. The van der Waals surface area contributed by atoms with Gasteiger partial charge in [-0.25, -0.2) is 4.98 Å². The number of rotatable bonds is 2. The predicted octanol–water partition coefficient (Wildman–Crippen LogP) is 3.44. The van der Waals surface area contributed by atoms with Crippen molar-refractivity contribution in [3.8, 4) is 0 Å². The largest absolute Gasteiger partial charge is 0.357 e. The van der Waals surface area contributed by atoms with Crippen LogP contribution in [0.3, 0.4) is 0 Å². The van der Waals surface area contributed by atoms with Crippen molar-refractivity contribution in [2.45, 2.75) is 38.1 Å². The molecule has 2 fully saturated rings. The molecule has 0 amide bonds. The van der Waals surface area contributed by atoms with Crippen LogP contribution in [0.5, 0.6) is 0 Å². The van der Waals surface area contributed by atoms with Gasteiger partial charge in [0.1, 0.15) is 5.82 Å². The van der Waals surface area contributed by atoms with E-state index in [1.54, 1.807) is 0 Å². The zero-order valence-electron chi connectivity index (χ0n) is 12.5. The number of anilines is 2. The summed E-state index contributed by atoms with van der Waals surface area (Å²) < 4.78 is 0. The summed E-state index contributed by atoms with van der Waals surface area (Å²) in [5.74, 6) is 2.72. The molecule has 0 bridgehead atoms. The van der Waals surface area contributed by atoms with Crippen LogP contribution in [-0.2, 0) is 0 Å². The lowest BCUT2D eigenvalue weighted by molar-refractivity contribution is 0.361. The molecule has 1 aromatic carbocycles. The highest BCUT2D eigenvalue weighted by Crippen LogP contribution is 2.40. The third-order valence-corrected chi connectivity index (χ3v) is 5.07. The van der Waals surface area contributed by atoms with Crippen LogP contribution in [-0.4, -0.2) is 29.6 Å². The first-order chi connectivity index (χ1) is 10.4. The van der Waals surface area contributed by atoms with Gasteiger partial charge < -0.3 is 10.2 Å². The van der Waals surface area contributed by atoms with Gasteiger partial charge in [0.25, 0.3) is 0 Å². The maximum Gasteiger partial charge on any atom is 0.224 e. The molecule has 1 saturated carbocycles. The van der Waals surface area contributed by atoms with Crippen LogP contribution in [0.1, 0.15) is 32.1 Å². The molecule has 4 rings (SSSR count). The second-order valence-electron chi connectivity index (χ2n) is 6.23. The summed E-state index contributed by atoms with van der Waals surface area (Å²) in [5, 5.41) is 4.29. The average molecular weight is 282 g/mol. The number of fused-ring (bicyclic) bond motifs is 2. The first-order valence-corrected chi connectivity index (χ1v) is 8.08. The number of nitrogens with zero attached hydrogens (tertiary/aromatic N) is 3. The SMILES string of the molecule is CNc1nc(N2CCCC3CCCC32)c2ccccc2n1. The number of hydrogen-bond donors (Lipinski definition) is 1. The Morgan fingerprint density at radius 1 is 1.10 bits per heavy atom. The summed E-state index contributed by atoms with van der Waals surface area (Å²) in [5.41, 5.74) is 1.03. The van der Waals surface area contributed by atoms with Crippen LogP contribution >= 0.6 is 0 Å². The first kappa shape index (κ1) is 12.9. The molecule has 1 saturated heterocycles. The van der Waals surface area contributed by atoms with E-state index in [1.165, 1.54) is 37.5 Å². The fourth-order valence-corrected chi connectivity index (χ4v) is 4.11. The molecule has 4 heteroatoms. The Morgan fingerprint density at radius 2 is 1.95 bits per heavy atom. The molecule has 0 spiro atoms. The van der Waals surface area contributed by atoms with E-state index in [2.05, 4.69) is 33.4 Å². The van der Waals surface area contributed by atoms with E-state index >= 15 is 0 Å². The Kier molecular flexibility index (Phi) is 3.17. The molecule has 21 heavy (non-hydrogen) atoms. The van der Waals surface area contributed by atoms with Crippen LogP contribution in [0.2, 0.25) is 0 Å². The highest BCUT2D eigenvalue weighted by molar-refractivity contribution is 5.90. The highest BCUT2D eigenvalue weighted by Gasteiger charge is 2.36. The van der Waals surface area contributed by atoms with Crippen LogP contribution in [0, 0.1) is 5.92 Å². The van der Waals surface area contributed by atoms with Gasteiger partial charge in [-0.1, -0.05) is 18.6 Å². The number of aromatic nitrogens is 2. The van der Waals surface area contributed by atoms with E-state index < -0.39 is 0 Å². The molecule has 2 aromatic rings. The van der Waals surface area contributed by atoms with Crippen molar-refractivity contribution in [1.82, 2.24) is 9.97 Å². The van der Waals surface area contributed by atoms with Crippen molar-refractivity contribution in [2.24, 2.45) is 5.92 Å². The molecule has 2 unspecified atom stereocenters. The van der Waals surface area contributed by atoms with Gasteiger partial charge in [-0.05, 0) is 43.7 Å². The Balaban J connectivity index is 1.84. The summed E-state index contributed by atoms with van der Waals surface area (Å²) >= 11 is 0. The van der Waals surface area contributed by atoms with Crippen LogP contribution in [0.4, 0.5) is 11.8 Å². The van der Waals surface area contributed by atoms with E-state index in [9.17, 15) is 0 Å². The minimum Gasteiger partial charge on any atom is -0.357 e. The van der Waals surface area contributed by atoms with E-state index in [0.29, 0.717) is 6.04 Å². The summed E-state index contributed by atoms with van der Waals surface area (Å²) in [6, 6.07) is 9.05. The lowest BCUT2D eigenvalue weighted by atomic mass is 9.92. The number of nitrogens with one attached hydrogen (secondary N) is 1. The van der Waals surface area contributed by atoms with Crippen LogP contribution in [0.15, 0.2) is 24.3 Å². The number of piperidine rings is 1. The molecule has 1 aliphatic carbocycles. The van der Waals surface area contributed by atoms with Crippen molar-refractivity contribution >= 4 is 22.7 Å². The highest BCUT2D eigenvalue weighted by atomic mass is 15.3. The van der Waals surface area contributed by atoms with Crippen molar-refractivity contribution in [1.29, 1.82) is 0 Å². The van der Waals surface area contributed by atoms with Crippen LogP contribution < -0.4 is 10.2 Å². The Labute approximate surface area is 125 Å². The molecule has 2 aliphatic rings. The standard InChI is InChI=1S/C17H22N4/c1-18-17-19-14-9-3-2-8-13(14)16(20-17)21-11-5-7-12-6-4-10-15(12)21/h2-3,8-9,12,15H,4-7,10-11H2,1H3,(H,18,19,20). The summed E-state index contributed by atoms with van der Waals surface area (Å²) in [6.45, 7) is 1.13. The van der Waals surface area contributed by atoms with Crippen molar-refractivity contribution in [3.63, 3.8) is 0 Å². The third-order valence-electron chi connectivity index (χ3n) is 5.07. The monoisotopic (exact) mass is 282 g/mol. The van der Waals surface area contributed by atoms with Gasteiger partial charge in [-0.2, -0.15) is 4.98 Å². The van der Waals surface area contributed by atoms with Crippen molar-refractivity contribution in [2.75, 3.05) is 23.8 Å². The van der Waals surface area contributed by atoms with Crippen LogP contribution in [0.25, 0.3) is 10.9 Å². The predicted molar refractivity (Wildman–Crippen MR) is 86.8 cm³/mol. The molecule has 1 N–H and O–H groups in total. The van der Waals surface area contributed by atoms with Gasteiger partial charge in [-0.15, -0.1) is 0 Å². The Morgan fingerprint density at radius 3 is 2.86 bits per heavy atom. The maximum absolute atomic E-state index is 4.81. The van der Waals surface area contributed by atoms with E-state index in [1.807, 2.05) is 13.1 Å². The van der Waals surface area contributed by atoms with Crippen molar-refractivity contribution in [3.05, 3.63) is 24.3 Å². The number of hydrogen-bond acceptors (Lipinski definition) is 4. The second-order valence-corrected chi connectivity index (χ2v) is 6.23. The second kappa shape index (κ2) is 5.17. The zero-order valence-corrected chi connectivity index (χ0v) is 12.5. The molecule has 1 aromatic heterocycles. The van der Waals surface area contributed by atoms with Gasteiger partial charge in [0.2, 0.25) is 5.95 Å². The molecule has 2 heterocycles. The summed E-state index contributed by atoms with van der Waals surface area (Å²) in [6.07, 6.45) is 6.76. The molecule has 110 valence electrons. The first-order valence-electron chi connectivity index (χ1n) is 8.08. The quantitative estimate of drug-likeness (QED) is 0.916. The van der Waals surface area contributed by atoms with Crippen molar-refractivity contribution < 1.29 is 0 Å². The van der Waals surface area contributed by atoms with E-state index in [-0.39, 0.29) is 0 Å². The molecular weight excluding hydrogens is 260 g/mol. The molecule has 0 radical (unpaired) electrons. The van der Waals surface area contributed by atoms with Gasteiger partial charge in [-0.3, -0.25) is 0 Å². The lowest BCUT2D eigenvalue weighted by Crippen LogP contribution is -2.43. The van der Waals surface area contributed by atoms with E-state index in [4.69, 9.17) is 4.98 Å². The number of para-hydroxylation sites is 1. The lowest BCUT2D eigenvalue weighted by Gasteiger charge is -2.39. The molecular formula is C17H22N4. The average Bonchev–Trinajstić information content (AvgIpc) is 3.02. The molecule has 1 aliphatic heterocycles. The minimum atomic E-state index is 0.682. The molecule has 4 nitrogen and oxygen atoms in total. The smallest absolute Gasteiger partial charge is 0.224 e. The van der Waals surface area contributed by atoms with Gasteiger partial charge in [0.15, 0.2) is 0 Å². The number of benzene rings is 1. The summed E-state index contributed by atoms with van der Waals surface area (Å²) in [4.78, 5) is 12.0. The zero-order chi connectivity index (χ0) is 14.2. The fourth-order valence-electron chi connectivity index (χ4n) is 4.11. The van der Waals surface area contributed by atoms with Gasteiger partial charge >= 0.3 is 0 Å². The molecule has 2 atom stereocenters. The van der Waals surface area contributed by atoms with E-state index in [0.717, 1.165) is 29.7 Å². The van der Waals surface area contributed by atoms with Gasteiger partial charge in [0.05, 0.1) is 5.52 Å². The topological polar surface area (TPSA) is 41.1 Å². The van der Waals surface area contributed by atoms with Gasteiger partial charge in [0, 0.05) is 25.0 Å². The Bertz CT molecular complexity index is 654.